The van der Waals surface area contributed by atoms with Crippen LogP contribution in [0.2, 0.25) is 0 Å². The minimum Gasteiger partial charge on any atom is -0.381 e. The average molecular weight is 301 g/mol. The quantitative estimate of drug-likeness (QED) is 0.820. The van der Waals surface area contributed by atoms with Gasteiger partial charge in [-0.15, -0.1) is 0 Å². The largest absolute Gasteiger partial charge is 0.381 e. The fraction of sp³-hybridized carbons (Fsp3) is 0.692. The number of nitrogens with one attached hydrogen (secondary N) is 1. The second-order valence-electron chi connectivity index (χ2n) is 5.52. The van der Waals surface area contributed by atoms with Crippen LogP contribution in [0.15, 0.2) is 17.2 Å². The van der Waals surface area contributed by atoms with E-state index in [0.29, 0.717) is 6.54 Å². The van der Waals surface area contributed by atoms with E-state index in [-0.39, 0.29) is 23.1 Å². The molecule has 0 atom stereocenters. The maximum absolute atomic E-state index is 12.3. The van der Waals surface area contributed by atoms with Gasteiger partial charge in [0, 0.05) is 37.6 Å². The molecule has 114 valence electrons. The molecule has 1 aliphatic carbocycles. The van der Waals surface area contributed by atoms with Crippen LogP contribution in [-0.4, -0.2) is 32.2 Å². The van der Waals surface area contributed by atoms with Gasteiger partial charge < -0.3 is 15.0 Å². The molecular formula is C13H23N3O3S. The minimum absolute atomic E-state index is 0.0336. The molecule has 20 heavy (non-hydrogen) atoms. The summed E-state index contributed by atoms with van der Waals surface area (Å²) in [4.78, 5) is 0.285. The Kier molecular flexibility index (Phi) is 4.53. The molecule has 1 aliphatic rings. The summed E-state index contributed by atoms with van der Waals surface area (Å²) in [5.74, 6) is 0. The Bertz CT molecular complexity index is 559. The third-order valence-electron chi connectivity index (χ3n) is 3.73. The number of ether oxygens (including phenoxy) is 1. The number of nitrogens with two attached hydrogens (primary N) is 1. The number of rotatable bonds is 6. The van der Waals surface area contributed by atoms with Crippen molar-refractivity contribution < 1.29 is 13.2 Å². The summed E-state index contributed by atoms with van der Waals surface area (Å²) in [6.07, 6.45) is 3.28. The number of sulfonamides is 1. The van der Waals surface area contributed by atoms with Gasteiger partial charge in [-0.1, -0.05) is 0 Å². The fourth-order valence-electron chi connectivity index (χ4n) is 2.43. The topological polar surface area (TPSA) is 86.3 Å². The highest BCUT2D eigenvalue weighted by atomic mass is 32.2. The first kappa shape index (κ1) is 15.5. The molecule has 0 aromatic carbocycles. The Hall–Kier alpha value is -0.890. The fourth-order valence-corrected chi connectivity index (χ4v) is 3.74. The minimum atomic E-state index is -3.48. The first-order chi connectivity index (χ1) is 9.37. The standard InChI is InChI=1S/C13H23N3O3S/c1-9(2)16-8-13(6-11(16)7-14)20(17,18)15-10-4-12(5-10)19-3/h6,8-10,12,15H,4-5,7,14H2,1-3H3. The zero-order valence-corrected chi connectivity index (χ0v) is 13.0. The van der Waals surface area contributed by atoms with E-state index in [9.17, 15) is 8.42 Å². The van der Waals surface area contributed by atoms with Gasteiger partial charge in [0.15, 0.2) is 0 Å². The number of hydrogen-bond donors (Lipinski definition) is 2. The van der Waals surface area contributed by atoms with E-state index < -0.39 is 10.0 Å². The highest BCUT2D eigenvalue weighted by Crippen LogP contribution is 2.25. The Balaban J connectivity index is 2.13. The van der Waals surface area contributed by atoms with E-state index in [1.807, 2.05) is 18.4 Å². The molecule has 6 nitrogen and oxygen atoms in total. The van der Waals surface area contributed by atoms with Crippen molar-refractivity contribution in [2.24, 2.45) is 5.73 Å². The van der Waals surface area contributed by atoms with E-state index in [0.717, 1.165) is 18.5 Å². The Morgan fingerprint density at radius 2 is 2.15 bits per heavy atom. The second-order valence-corrected chi connectivity index (χ2v) is 7.23. The zero-order chi connectivity index (χ0) is 14.9. The van der Waals surface area contributed by atoms with E-state index in [1.165, 1.54) is 0 Å². The molecule has 0 radical (unpaired) electrons. The highest BCUT2D eigenvalue weighted by molar-refractivity contribution is 7.89. The molecule has 0 amide bonds. The third kappa shape index (κ3) is 3.06. The lowest BCUT2D eigenvalue weighted by Crippen LogP contribution is -2.47. The van der Waals surface area contributed by atoms with E-state index in [4.69, 9.17) is 10.5 Å². The predicted molar refractivity (Wildman–Crippen MR) is 76.8 cm³/mol. The van der Waals surface area contributed by atoms with Crippen molar-refractivity contribution in [3.63, 3.8) is 0 Å². The average Bonchev–Trinajstić information content (AvgIpc) is 2.78. The molecule has 0 spiro atoms. The predicted octanol–water partition coefficient (Wildman–Crippen LogP) is 0.983. The summed E-state index contributed by atoms with van der Waals surface area (Å²) in [6, 6.07) is 1.79. The Morgan fingerprint density at radius 1 is 1.50 bits per heavy atom. The molecule has 1 saturated carbocycles. The summed E-state index contributed by atoms with van der Waals surface area (Å²) in [7, 11) is -1.83. The molecule has 7 heteroatoms. The molecule has 1 aromatic heterocycles. The van der Waals surface area contributed by atoms with Crippen molar-refractivity contribution in [2.45, 2.75) is 56.3 Å². The molecule has 3 N–H and O–H groups in total. The SMILES string of the molecule is COC1CC(NS(=O)(=O)c2cc(CN)n(C(C)C)c2)C1. The van der Waals surface area contributed by atoms with E-state index in [2.05, 4.69) is 4.72 Å². The number of methoxy groups -OCH3 is 1. The normalized spacial score (nSPS) is 23.1. The van der Waals surface area contributed by atoms with Crippen molar-refractivity contribution >= 4 is 10.0 Å². The third-order valence-corrected chi connectivity index (χ3v) is 5.22. The van der Waals surface area contributed by atoms with Gasteiger partial charge in [-0.2, -0.15) is 0 Å². The lowest BCUT2D eigenvalue weighted by Gasteiger charge is -2.34. The number of hydrogen-bond acceptors (Lipinski definition) is 4. The molecule has 0 saturated heterocycles. The van der Waals surface area contributed by atoms with Crippen LogP contribution >= 0.6 is 0 Å². The molecule has 1 aromatic rings. The summed E-state index contributed by atoms with van der Waals surface area (Å²) in [5, 5.41) is 0. The van der Waals surface area contributed by atoms with Gasteiger partial charge in [0.25, 0.3) is 0 Å². The zero-order valence-electron chi connectivity index (χ0n) is 12.2. The van der Waals surface area contributed by atoms with E-state index in [1.54, 1.807) is 19.4 Å². The molecule has 2 rings (SSSR count). The van der Waals surface area contributed by atoms with Crippen LogP contribution in [0.1, 0.15) is 38.4 Å². The van der Waals surface area contributed by atoms with Crippen LogP contribution in [0.5, 0.6) is 0 Å². The molecule has 1 fully saturated rings. The molecule has 0 bridgehead atoms. The lowest BCUT2D eigenvalue weighted by atomic mass is 9.90. The van der Waals surface area contributed by atoms with Gasteiger partial charge in [-0.05, 0) is 32.8 Å². The van der Waals surface area contributed by atoms with Gasteiger partial charge in [-0.3, -0.25) is 0 Å². The molecule has 1 heterocycles. The molecule has 0 unspecified atom stereocenters. The van der Waals surface area contributed by atoms with Crippen molar-refractivity contribution in [1.29, 1.82) is 0 Å². The van der Waals surface area contributed by atoms with Crippen molar-refractivity contribution in [1.82, 2.24) is 9.29 Å². The van der Waals surface area contributed by atoms with Crippen LogP contribution in [0, 0.1) is 0 Å². The summed E-state index contributed by atoms with van der Waals surface area (Å²) >= 11 is 0. The Morgan fingerprint density at radius 3 is 2.60 bits per heavy atom. The van der Waals surface area contributed by atoms with Crippen molar-refractivity contribution in [2.75, 3.05) is 7.11 Å². The van der Waals surface area contributed by atoms with Crippen LogP contribution in [0.25, 0.3) is 0 Å². The van der Waals surface area contributed by atoms with Crippen LogP contribution in [-0.2, 0) is 21.3 Å². The first-order valence-corrected chi connectivity index (χ1v) is 8.31. The Labute approximate surface area is 120 Å². The van der Waals surface area contributed by atoms with Gasteiger partial charge in [0.1, 0.15) is 0 Å². The van der Waals surface area contributed by atoms with Gasteiger partial charge >= 0.3 is 0 Å². The van der Waals surface area contributed by atoms with Gasteiger partial charge in [-0.25, -0.2) is 13.1 Å². The maximum atomic E-state index is 12.3. The van der Waals surface area contributed by atoms with Crippen LogP contribution < -0.4 is 10.5 Å². The second kappa shape index (κ2) is 5.85. The molecular weight excluding hydrogens is 278 g/mol. The first-order valence-electron chi connectivity index (χ1n) is 6.83. The van der Waals surface area contributed by atoms with Crippen LogP contribution in [0.3, 0.4) is 0 Å². The smallest absolute Gasteiger partial charge is 0.242 e. The van der Waals surface area contributed by atoms with E-state index >= 15 is 0 Å². The summed E-state index contributed by atoms with van der Waals surface area (Å²) in [5.41, 5.74) is 6.49. The monoisotopic (exact) mass is 301 g/mol. The van der Waals surface area contributed by atoms with Gasteiger partial charge in [0.05, 0.1) is 11.0 Å². The molecule has 0 aliphatic heterocycles. The number of nitrogens with zero attached hydrogens (tertiary/aromatic N) is 1. The number of aromatic nitrogens is 1. The van der Waals surface area contributed by atoms with Crippen LogP contribution in [0.4, 0.5) is 0 Å². The highest BCUT2D eigenvalue weighted by Gasteiger charge is 2.33. The van der Waals surface area contributed by atoms with Crippen molar-refractivity contribution in [3.8, 4) is 0 Å². The summed E-state index contributed by atoms with van der Waals surface area (Å²) < 4.78 is 34.4. The lowest BCUT2D eigenvalue weighted by molar-refractivity contribution is 0.0236. The summed E-state index contributed by atoms with van der Waals surface area (Å²) in [6.45, 7) is 4.32. The maximum Gasteiger partial charge on any atom is 0.242 e. The van der Waals surface area contributed by atoms with Crippen molar-refractivity contribution in [3.05, 3.63) is 18.0 Å². The van der Waals surface area contributed by atoms with Gasteiger partial charge in [0.2, 0.25) is 10.0 Å².